The lowest BCUT2D eigenvalue weighted by molar-refractivity contribution is -0.131. The highest BCUT2D eigenvalue weighted by Gasteiger charge is 2.26. The number of H-pyrrole nitrogens is 1. The Morgan fingerprint density at radius 1 is 1.23 bits per heavy atom. The molecule has 0 bridgehead atoms. The van der Waals surface area contributed by atoms with E-state index >= 15 is 0 Å². The monoisotopic (exact) mass is 350 g/mol. The summed E-state index contributed by atoms with van der Waals surface area (Å²) in [7, 11) is 1.91. The van der Waals surface area contributed by atoms with Crippen molar-refractivity contribution in [2.24, 2.45) is 7.05 Å². The Kier molecular flexibility index (Phi) is 4.51. The van der Waals surface area contributed by atoms with E-state index in [0.29, 0.717) is 12.3 Å². The van der Waals surface area contributed by atoms with Crippen LogP contribution >= 0.6 is 0 Å². The minimum Gasteiger partial charge on any atom is -0.342 e. The van der Waals surface area contributed by atoms with Gasteiger partial charge < -0.3 is 9.47 Å². The van der Waals surface area contributed by atoms with Crippen molar-refractivity contribution >= 4 is 5.91 Å². The van der Waals surface area contributed by atoms with Crippen LogP contribution in [0.25, 0.3) is 11.4 Å². The number of rotatable bonds is 4. The molecule has 1 N–H and O–H groups in total. The zero-order chi connectivity index (χ0) is 17.9. The lowest BCUT2D eigenvalue weighted by Crippen LogP contribution is -2.39. The highest BCUT2D eigenvalue weighted by molar-refractivity contribution is 5.78. The molecule has 26 heavy (non-hydrogen) atoms. The van der Waals surface area contributed by atoms with Gasteiger partial charge in [0.15, 0.2) is 5.82 Å². The van der Waals surface area contributed by atoms with Crippen LogP contribution in [0.15, 0.2) is 42.9 Å². The van der Waals surface area contributed by atoms with Gasteiger partial charge in [0.2, 0.25) is 5.91 Å². The van der Waals surface area contributed by atoms with Gasteiger partial charge in [0.1, 0.15) is 5.82 Å². The maximum Gasteiger partial charge on any atom is 0.228 e. The van der Waals surface area contributed by atoms with E-state index in [0.717, 1.165) is 48.8 Å². The number of carbonyl (C=O) groups is 1. The third-order valence-corrected chi connectivity index (χ3v) is 5.02. The van der Waals surface area contributed by atoms with Gasteiger partial charge in [-0.25, -0.2) is 9.97 Å². The van der Waals surface area contributed by atoms with E-state index in [2.05, 4.69) is 20.2 Å². The van der Waals surface area contributed by atoms with Crippen LogP contribution in [0.4, 0.5) is 0 Å². The van der Waals surface area contributed by atoms with E-state index in [1.54, 1.807) is 12.5 Å². The van der Waals surface area contributed by atoms with E-state index < -0.39 is 0 Å². The van der Waals surface area contributed by atoms with Crippen molar-refractivity contribution in [3.05, 3.63) is 54.4 Å². The molecular formula is C19H22N6O. The van der Waals surface area contributed by atoms with Gasteiger partial charge in [-0.2, -0.15) is 5.10 Å². The van der Waals surface area contributed by atoms with Gasteiger partial charge in [-0.3, -0.25) is 9.89 Å². The lowest BCUT2D eigenvalue weighted by Gasteiger charge is -2.31. The summed E-state index contributed by atoms with van der Waals surface area (Å²) in [5.41, 5.74) is 1.96. The SMILES string of the molecule is Cn1cncc1CC(=O)N1CCC(c2nc(-c3ccccc3)n[nH]2)CC1. The average Bonchev–Trinajstić information content (AvgIpc) is 3.32. The first-order chi connectivity index (χ1) is 12.7. The number of amides is 1. The fourth-order valence-electron chi connectivity index (χ4n) is 3.40. The van der Waals surface area contributed by atoms with Gasteiger partial charge in [0.05, 0.1) is 12.7 Å². The van der Waals surface area contributed by atoms with Gasteiger partial charge in [0.25, 0.3) is 0 Å². The molecule has 7 heteroatoms. The number of likely N-dealkylation sites (tertiary alicyclic amines) is 1. The largest absolute Gasteiger partial charge is 0.342 e. The number of carbonyl (C=O) groups excluding carboxylic acids is 1. The molecule has 1 aliphatic rings. The topological polar surface area (TPSA) is 79.7 Å². The quantitative estimate of drug-likeness (QED) is 0.782. The number of benzene rings is 1. The molecule has 0 aliphatic carbocycles. The minimum atomic E-state index is 0.162. The van der Waals surface area contributed by atoms with Crippen LogP contribution in [0.3, 0.4) is 0 Å². The Morgan fingerprint density at radius 3 is 2.69 bits per heavy atom. The molecule has 0 spiro atoms. The first-order valence-corrected chi connectivity index (χ1v) is 8.91. The first kappa shape index (κ1) is 16.5. The smallest absolute Gasteiger partial charge is 0.228 e. The summed E-state index contributed by atoms with van der Waals surface area (Å²) in [6.45, 7) is 1.51. The maximum atomic E-state index is 12.5. The number of aromatic amines is 1. The normalized spacial score (nSPS) is 15.3. The van der Waals surface area contributed by atoms with Crippen LogP contribution < -0.4 is 0 Å². The zero-order valence-electron chi connectivity index (χ0n) is 14.8. The predicted octanol–water partition coefficient (Wildman–Crippen LogP) is 2.15. The molecule has 1 aliphatic heterocycles. The average molecular weight is 350 g/mol. The fourth-order valence-corrected chi connectivity index (χ4v) is 3.40. The van der Waals surface area contributed by atoms with Crippen LogP contribution in [0.1, 0.15) is 30.3 Å². The van der Waals surface area contributed by atoms with Crippen LogP contribution in [0, 0.1) is 0 Å². The first-order valence-electron chi connectivity index (χ1n) is 8.91. The van der Waals surface area contributed by atoms with Gasteiger partial charge >= 0.3 is 0 Å². The van der Waals surface area contributed by atoms with E-state index in [1.807, 2.05) is 46.8 Å². The van der Waals surface area contributed by atoms with Crippen molar-refractivity contribution in [2.45, 2.75) is 25.2 Å². The molecule has 0 atom stereocenters. The Hall–Kier alpha value is -2.96. The van der Waals surface area contributed by atoms with E-state index in [-0.39, 0.29) is 5.91 Å². The van der Waals surface area contributed by atoms with Gasteiger partial charge in [-0.1, -0.05) is 30.3 Å². The number of imidazole rings is 1. The Labute approximate surface area is 152 Å². The summed E-state index contributed by atoms with van der Waals surface area (Å²) >= 11 is 0. The van der Waals surface area contributed by atoms with Crippen LogP contribution in [0.5, 0.6) is 0 Å². The Morgan fingerprint density at radius 2 is 2.00 bits per heavy atom. The minimum absolute atomic E-state index is 0.162. The maximum absolute atomic E-state index is 12.5. The van der Waals surface area contributed by atoms with Crippen molar-refractivity contribution in [3.63, 3.8) is 0 Å². The van der Waals surface area contributed by atoms with Gasteiger partial charge in [-0.05, 0) is 12.8 Å². The molecular weight excluding hydrogens is 328 g/mol. The molecule has 1 fully saturated rings. The second-order valence-electron chi connectivity index (χ2n) is 6.74. The molecule has 2 aromatic heterocycles. The predicted molar refractivity (Wildman–Crippen MR) is 97.3 cm³/mol. The number of hydrogen-bond acceptors (Lipinski definition) is 4. The van der Waals surface area contributed by atoms with Gasteiger partial charge in [-0.15, -0.1) is 0 Å². The van der Waals surface area contributed by atoms with Crippen LogP contribution in [-0.2, 0) is 18.3 Å². The van der Waals surface area contributed by atoms with E-state index in [4.69, 9.17) is 0 Å². The Bertz CT molecular complexity index is 876. The number of aromatic nitrogens is 5. The second-order valence-corrected chi connectivity index (χ2v) is 6.74. The standard InChI is InChI=1S/C19H22N6O/c1-24-13-20-12-16(24)11-17(26)25-9-7-15(8-10-25)19-21-18(22-23-19)14-5-3-2-4-6-14/h2-6,12-13,15H,7-11H2,1H3,(H,21,22,23). The van der Waals surface area contributed by atoms with E-state index in [1.165, 1.54) is 0 Å². The summed E-state index contributed by atoms with van der Waals surface area (Å²) < 4.78 is 1.89. The zero-order valence-corrected chi connectivity index (χ0v) is 14.8. The van der Waals surface area contributed by atoms with Crippen molar-refractivity contribution in [2.75, 3.05) is 13.1 Å². The number of nitrogens with one attached hydrogen (secondary N) is 1. The van der Waals surface area contributed by atoms with Crippen molar-refractivity contribution in [1.29, 1.82) is 0 Å². The van der Waals surface area contributed by atoms with Gasteiger partial charge in [0, 0.05) is 43.5 Å². The molecule has 7 nitrogen and oxygen atoms in total. The van der Waals surface area contributed by atoms with Crippen molar-refractivity contribution in [1.82, 2.24) is 29.6 Å². The molecule has 1 amide bonds. The second kappa shape index (κ2) is 7.11. The molecule has 3 heterocycles. The van der Waals surface area contributed by atoms with Crippen molar-refractivity contribution in [3.8, 4) is 11.4 Å². The molecule has 1 saturated heterocycles. The summed E-state index contributed by atoms with van der Waals surface area (Å²) in [6, 6.07) is 9.96. The molecule has 0 radical (unpaired) electrons. The lowest BCUT2D eigenvalue weighted by atomic mass is 9.96. The van der Waals surface area contributed by atoms with Crippen LogP contribution in [0.2, 0.25) is 0 Å². The molecule has 134 valence electrons. The molecule has 4 rings (SSSR count). The number of aryl methyl sites for hydroxylation is 1. The molecule has 3 aromatic rings. The summed E-state index contributed by atoms with van der Waals surface area (Å²) in [4.78, 5) is 23.2. The van der Waals surface area contributed by atoms with Crippen molar-refractivity contribution < 1.29 is 4.79 Å². The fraction of sp³-hybridized carbons (Fsp3) is 0.368. The highest BCUT2D eigenvalue weighted by atomic mass is 16.2. The molecule has 1 aromatic carbocycles. The third-order valence-electron chi connectivity index (χ3n) is 5.02. The number of piperidine rings is 1. The number of nitrogens with zero attached hydrogens (tertiary/aromatic N) is 5. The third kappa shape index (κ3) is 3.37. The van der Waals surface area contributed by atoms with Crippen LogP contribution in [-0.4, -0.2) is 48.6 Å². The molecule has 0 saturated carbocycles. The summed E-state index contributed by atoms with van der Waals surface area (Å²) in [6.07, 6.45) is 5.69. The van der Waals surface area contributed by atoms with E-state index in [9.17, 15) is 4.79 Å². The summed E-state index contributed by atoms with van der Waals surface area (Å²) in [5.74, 6) is 2.13. The highest BCUT2D eigenvalue weighted by Crippen LogP contribution is 2.27. The number of hydrogen-bond donors (Lipinski definition) is 1. The Balaban J connectivity index is 1.36. The molecule has 0 unspecified atom stereocenters. The summed E-state index contributed by atoms with van der Waals surface area (Å²) in [5, 5.41) is 7.43.